The molecule has 1 aromatic rings. The van der Waals surface area contributed by atoms with E-state index >= 15 is 0 Å². The molecule has 1 heterocycles. The van der Waals surface area contributed by atoms with Gasteiger partial charge in [-0.15, -0.1) is 0 Å². The van der Waals surface area contributed by atoms with Gasteiger partial charge in [-0.05, 0) is 30.0 Å². The number of ether oxygens (including phenoxy) is 1. The molecule has 0 fully saturated rings. The van der Waals surface area contributed by atoms with E-state index < -0.39 is 0 Å². The number of nitrogens with one attached hydrogen (secondary N) is 1. The van der Waals surface area contributed by atoms with Gasteiger partial charge in [0.25, 0.3) is 0 Å². The van der Waals surface area contributed by atoms with Crippen molar-refractivity contribution in [3.8, 4) is 0 Å². The van der Waals surface area contributed by atoms with Crippen LogP contribution < -0.4 is 11.3 Å². The Morgan fingerprint density at radius 2 is 2.35 bits per heavy atom. The molecule has 0 aromatic carbocycles. The van der Waals surface area contributed by atoms with Crippen LogP contribution in [0.1, 0.15) is 11.7 Å². The number of hydrogen-bond acceptors (Lipinski definition) is 5. The standard InChI is InChI=1S/C10H20BrN5O/c1-15(2)4-5-16-10(8(11)6-13-16)9(14-12)7-17-3/h6,9,14H,4-5,7,12H2,1-3H3. The summed E-state index contributed by atoms with van der Waals surface area (Å²) in [7, 11) is 5.72. The highest BCUT2D eigenvalue weighted by atomic mass is 79.9. The molecule has 0 aliphatic carbocycles. The Morgan fingerprint density at radius 1 is 1.65 bits per heavy atom. The summed E-state index contributed by atoms with van der Waals surface area (Å²) >= 11 is 3.49. The molecule has 6 nitrogen and oxygen atoms in total. The smallest absolute Gasteiger partial charge is 0.0873 e. The fourth-order valence-corrected chi connectivity index (χ4v) is 2.14. The molecule has 7 heteroatoms. The summed E-state index contributed by atoms with van der Waals surface area (Å²) in [5.41, 5.74) is 3.76. The Hall–Kier alpha value is -0.470. The van der Waals surface area contributed by atoms with E-state index in [1.54, 1.807) is 13.3 Å². The van der Waals surface area contributed by atoms with Crippen LogP contribution in [0, 0.1) is 0 Å². The summed E-state index contributed by atoms with van der Waals surface area (Å²) in [6.07, 6.45) is 1.78. The lowest BCUT2D eigenvalue weighted by Gasteiger charge is -2.18. The second-order valence-corrected chi connectivity index (χ2v) is 4.93. The molecule has 0 amide bonds. The summed E-state index contributed by atoms with van der Waals surface area (Å²) < 4.78 is 8.02. The summed E-state index contributed by atoms with van der Waals surface area (Å²) in [6.45, 7) is 2.24. The maximum absolute atomic E-state index is 5.54. The first-order chi connectivity index (χ1) is 8.10. The lowest BCUT2D eigenvalue weighted by atomic mass is 10.2. The highest BCUT2D eigenvalue weighted by Crippen LogP contribution is 2.23. The van der Waals surface area contributed by atoms with Crippen molar-refractivity contribution in [2.24, 2.45) is 5.84 Å². The second kappa shape index (κ2) is 7.07. The van der Waals surface area contributed by atoms with Crippen molar-refractivity contribution in [1.82, 2.24) is 20.1 Å². The van der Waals surface area contributed by atoms with Crippen LogP contribution in [0.3, 0.4) is 0 Å². The fourth-order valence-electron chi connectivity index (χ4n) is 1.56. The molecule has 1 atom stereocenters. The van der Waals surface area contributed by atoms with Gasteiger partial charge in [0.05, 0.1) is 35.6 Å². The largest absolute Gasteiger partial charge is 0.383 e. The van der Waals surface area contributed by atoms with Gasteiger partial charge in [0.2, 0.25) is 0 Å². The minimum atomic E-state index is -0.0703. The summed E-state index contributed by atoms with van der Waals surface area (Å²) in [6, 6.07) is -0.0703. The lowest BCUT2D eigenvalue weighted by Crippen LogP contribution is -2.33. The van der Waals surface area contributed by atoms with Gasteiger partial charge in [0.1, 0.15) is 0 Å². The van der Waals surface area contributed by atoms with E-state index in [-0.39, 0.29) is 6.04 Å². The molecule has 0 aliphatic heterocycles. The van der Waals surface area contributed by atoms with Crippen molar-refractivity contribution in [2.45, 2.75) is 12.6 Å². The van der Waals surface area contributed by atoms with Crippen LogP contribution in [-0.4, -0.2) is 49.0 Å². The van der Waals surface area contributed by atoms with E-state index in [4.69, 9.17) is 10.6 Å². The molecule has 98 valence electrons. The van der Waals surface area contributed by atoms with Crippen LogP contribution in [0.4, 0.5) is 0 Å². The third kappa shape index (κ3) is 4.04. The van der Waals surface area contributed by atoms with Crippen LogP contribution >= 0.6 is 15.9 Å². The Kier molecular flexibility index (Phi) is 6.07. The summed E-state index contributed by atoms with van der Waals surface area (Å²) in [5.74, 6) is 5.54. The highest BCUT2D eigenvalue weighted by Gasteiger charge is 2.18. The van der Waals surface area contributed by atoms with Gasteiger partial charge in [-0.1, -0.05) is 0 Å². The number of methoxy groups -OCH3 is 1. The third-order valence-corrected chi connectivity index (χ3v) is 3.07. The topological polar surface area (TPSA) is 68.3 Å². The Labute approximate surface area is 110 Å². The molecule has 0 saturated carbocycles. The van der Waals surface area contributed by atoms with E-state index in [2.05, 4.69) is 31.4 Å². The SMILES string of the molecule is COCC(NN)c1c(Br)cnn1CCN(C)C. The van der Waals surface area contributed by atoms with Crippen LogP contribution in [0.5, 0.6) is 0 Å². The Morgan fingerprint density at radius 3 is 2.88 bits per heavy atom. The van der Waals surface area contributed by atoms with Gasteiger partial charge in [-0.25, -0.2) is 5.43 Å². The van der Waals surface area contributed by atoms with Crippen LogP contribution in [0.2, 0.25) is 0 Å². The summed E-state index contributed by atoms with van der Waals surface area (Å²) in [5, 5.41) is 4.33. The third-order valence-electron chi connectivity index (χ3n) is 2.46. The van der Waals surface area contributed by atoms with Gasteiger partial charge in [0, 0.05) is 13.7 Å². The van der Waals surface area contributed by atoms with Crippen molar-refractivity contribution < 1.29 is 4.74 Å². The average molecular weight is 306 g/mol. The predicted molar refractivity (Wildman–Crippen MR) is 70.4 cm³/mol. The van der Waals surface area contributed by atoms with Crippen molar-refractivity contribution in [1.29, 1.82) is 0 Å². The molecule has 0 radical (unpaired) electrons. The van der Waals surface area contributed by atoms with Crippen LogP contribution in [0.15, 0.2) is 10.7 Å². The van der Waals surface area contributed by atoms with Crippen molar-refractivity contribution in [3.63, 3.8) is 0 Å². The first kappa shape index (κ1) is 14.6. The zero-order valence-corrected chi connectivity index (χ0v) is 12.1. The molecule has 17 heavy (non-hydrogen) atoms. The number of hydrazine groups is 1. The van der Waals surface area contributed by atoms with Crippen LogP contribution in [0.25, 0.3) is 0 Å². The first-order valence-corrected chi connectivity index (χ1v) is 6.20. The quantitative estimate of drug-likeness (QED) is 0.562. The molecule has 0 bridgehead atoms. The van der Waals surface area contributed by atoms with Gasteiger partial charge >= 0.3 is 0 Å². The molecular formula is C10H20BrN5O. The second-order valence-electron chi connectivity index (χ2n) is 4.08. The predicted octanol–water partition coefficient (Wildman–Crippen LogP) is 0.358. The zero-order chi connectivity index (χ0) is 12.8. The summed E-state index contributed by atoms with van der Waals surface area (Å²) in [4.78, 5) is 2.11. The van der Waals surface area contributed by atoms with Crippen molar-refractivity contribution >= 4 is 15.9 Å². The van der Waals surface area contributed by atoms with Crippen molar-refractivity contribution in [3.05, 3.63) is 16.4 Å². The van der Waals surface area contributed by atoms with Crippen molar-refractivity contribution in [2.75, 3.05) is 34.4 Å². The lowest BCUT2D eigenvalue weighted by molar-refractivity contribution is 0.163. The molecule has 3 N–H and O–H groups in total. The molecule has 1 aromatic heterocycles. The number of aromatic nitrogens is 2. The normalized spacial score (nSPS) is 13.3. The van der Waals surface area contributed by atoms with Gasteiger partial charge in [-0.3, -0.25) is 10.5 Å². The molecular weight excluding hydrogens is 286 g/mol. The minimum Gasteiger partial charge on any atom is -0.383 e. The van der Waals surface area contributed by atoms with Gasteiger partial charge in [-0.2, -0.15) is 5.10 Å². The number of nitrogens with zero attached hydrogens (tertiary/aromatic N) is 3. The Bertz CT molecular complexity index is 341. The number of rotatable bonds is 7. The average Bonchev–Trinajstić information content (AvgIpc) is 2.65. The van der Waals surface area contributed by atoms with E-state index in [0.29, 0.717) is 6.61 Å². The molecule has 1 unspecified atom stereocenters. The number of likely N-dealkylation sites (N-methyl/N-ethyl adjacent to an activating group) is 1. The monoisotopic (exact) mass is 305 g/mol. The molecule has 0 aliphatic rings. The van der Waals surface area contributed by atoms with Gasteiger partial charge in [0.15, 0.2) is 0 Å². The minimum absolute atomic E-state index is 0.0703. The number of hydrogen-bond donors (Lipinski definition) is 2. The van der Waals surface area contributed by atoms with E-state index in [1.165, 1.54) is 0 Å². The zero-order valence-electron chi connectivity index (χ0n) is 10.5. The van der Waals surface area contributed by atoms with Gasteiger partial charge < -0.3 is 9.64 Å². The number of nitrogens with two attached hydrogens (primary N) is 1. The fraction of sp³-hybridized carbons (Fsp3) is 0.700. The highest BCUT2D eigenvalue weighted by molar-refractivity contribution is 9.10. The Balaban J connectivity index is 2.84. The maximum atomic E-state index is 5.54. The number of halogens is 1. The molecule has 0 saturated heterocycles. The van der Waals surface area contributed by atoms with E-state index in [0.717, 1.165) is 23.3 Å². The molecule has 1 rings (SSSR count). The van der Waals surface area contributed by atoms with E-state index in [9.17, 15) is 0 Å². The maximum Gasteiger partial charge on any atom is 0.0873 e. The first-order valence-electron chi connectivity index (χ1n) is 5.41. The molecule has 0 spiro atoms. The van der Waals surface area contributed by atoms with Crippen LogP contribution in [-0.2, 0) is 11.3 Å². The van der Waals surface area contributed by atoms with E-state index in [1.807, 2.05) is 18.8 Å².